The third-order valence-electron chi connectivity index (χ3n) is 5.56. The molecule has 2 N–H and O–H groups in total. The number of nitrogens with zero attached hydrogens (tertiary/aromatic N) is 2. The largest absolute Gasteiger partial charge is 0.508 e. The van der Waals surface area contributed by atoms with Gasteiger partial charge in [0.15, 0.2) is 0 Å². The standard InChI is InChI=1S/C26H32N2O5/c1-16(2)33-21-12-9-19(15-17(21)3)24(30)22-23(18-7-10-20(29)11-8-18)28(26(32)25(22)31)14-6-13-27(4)5/h7-12,15-16,23,29-30H,6,13-14H2,1-5H3/t23-/m0/s1. The van der Waals surface area contributed by atoms with Crippen LogP contribution in [0.3, 0.4) is 0 Å². The molecule has 0 aromatic heterocycles. The molecule has 1 heterocycles. The van der Waals surface area contributed by atoms with Crippen molar-refractivity contribution in [3.8, 4) is 11.5 Å². The minimum absolute atomic E-state index is 0.00475. The highest BCUT2D eigenvalue weighted by molar-refractivity contribution is 6.46. The summed E-state index contributed by atoms with van der Waals surface area (Å²) in [5.41, 5.74) is 1.95. The number of aryl methyl sites for hydroxylation is 1. The van der Waals surface area contributed by atoms with Crippen molar-refractivity contribution in [2.24, 2.45) is 0 Å². The molecule has 0 bridgehead atoms. The second-order valence-corrected chi connectivity index (χ2v) is 8.89. The number of aromatic hydroxyl groups is 1. The molecule has 33 heavy (non-hydrogen) atoms. The van der Waals surface area contributed by atoms with Gasteiger partial charge >= 0.3 is 0 Å². The van der Waals surface area contributed by atoms with Crippen LogP contribution >= 0.6 is 0 Å². The molecule has 7 heteroatoms. The van der Waals surface area contributed by atoms with Gasteiger partial charge in [-0.2, -0.15) is 0 Å². The van der Waals surface area contributed by atoms with E-state index in [9.17, 15) is 19.8 Å². The Kier molecular flexibility index (Phi) is 7.43. The lowest BCUT2D eigenvalue weighted by molar-refractivity contribution is -0.139. The predicted octanol–water partition coefficient (Wildman–Crippen LogP) is 3.86. The summed E-state index contributed by atoms with van der Waals surface area (Å²) >= 11 is 0. The van der Waals surface area contributed by atoms with Crippen LogP contribution in [0, 0.1) is 6.92 Å². The van der Waals surface area contributed by atoms with Gasteiger partial charge in [-0.1, -0.05) is 12.1 Å². The van der Waals surface area contributed by atoms with Gasteiger partial charge in [-0.3, -0.25) is 9.59 Å². The number of phenols is 1. The molecule has 1 amide bonds. The molecule has 3 rings (SSSR count). The number of phenolic OH excluding ortho intramolecular Hbond substituents is 1. The van der Waals surface area contributed by atoms with Crippen molar-refractivity contribution in [3.63, 3.8) is 0 Å². The third-order valence-corrected chi connectivity index (χ3v) is 5.56. The van der Waals surface area contributed by atoms with Crippen molar-refractivity contribution >= 4 is 17.4 Å². The van der Waals surface area contributed by atoms with E-state index >= 15 is 0 Å². The van der Waals surface area contributed by atoms with Crippen molar-refractivity contribution in [1.29, 1.82) is 0 Å². The summed E-state index contributed by atoms with van der Waals surface area (Å²) < 4.78 is 5.77. The van der Waals surface area contributed by atoms with Crippen LogP contribution in [0.2, 0.25) is 0 Å². The van der Waals surface area contributed by atoms with Crippen LogP contribution in [0.25, 0.3) is 5.76 Å². The average Bonchev–Trinajstić information content (AvgIpc) is 2.99. The van der Waals surface area contributed by atoms with Crippen LogP contribution < -0.4 is 4.74 Å². The summed E-state index contributed by atoms with van der Waals surface area (Å²) in [6, 6.07) is 10.8. The topological polar surface area (TPSA) is 90.3 Å². The van der Waals surface area contributed by atoms with Gasteiger partial charge < -0.3 is 24.7 Å². The molecule has 1 aliphatic rings. The highest BCUT2D eigenvalue weighted by atomic mass is 16.5. The Morgan fingerprint density at radius 2 is 1.79 bits per heavy atom. The number of aliphatic hydroxyl groups excluding tert-OH is 1. The van der Waals surface area contributed by atoms with Crippen LogP contribution in [0.4, 0.5) is 0 Å². The molecule has 0 saturated carbocycles. The van der Waals surface area contributed by atoms with Gasteiger partial charge in [0.2, 0.25) is 0 Å². The summed E-state index contributed by atoms with van der Waals surface area (Å²) in [6.07, 6.45) is 0.680. The number of hydrogen-bond acceptors (Lipinski definition) is 6. The molecule has 2 aromatic rings. The van der Waals surface area contributed by atoms with E-state index in [2.05, 4.69) is 0 Å². The van der Waals surface area contributed by atoms with Crippen LogP contribution in [0.1, 0.15) is 43.0 Å². The number of aliphatic hydroxyl groups is 1. The number of benzene rings is 2. The first-order valence-corrected chi connectivity index (χ1v) is 11.1. The van der Waals surface area contributed by atoms with Crippen molar-refractivity contribution in [2.75, 3.05) is 27.2 Å². The van der Waals surface area contributed by atoms with Gasteiger partial charge in [-0.05, 0) is 89.3 Å². The molecule has 7 nitrogen and oxygen atoms in total. The quantitative estimate of drug-likeness (QED) is 0.359. The zero-order chi connectivity index (χ0) is 24.3. The van der Waals surface area contributed by atoms with E-state index in [1.807, 2.05) is 39.8 Å². The van der Waals surface area contributed by atoms with Crippen molar-refractivity contribution < 1.29 is 24.5 Å². The van der Waals surface area contributed by atoms with E-state index < -0.39 is 17.7 Å². The second kappa shape index (κ2) is 10.1. The molecule has 1 fully saturated rings. The minimum atomic E-state index is -0.736. The monoisotopic (exact) mass is 452 g/mol. The number of carbonyl (C=O) groups excluding carboxylic acids is 2. The Hall–Kier alpha value is -3.32. The summed E-state index contributed by atoms with van der Waals surface area (Å²) in [5.74, 6) is -0.790. The fraction of sp³-hybridized carbons (Fsp3) is 0.385. The smallest absolute Gasteiger partial charge is 0.295 e. The number of ketones is 1. The maximum atomic E-state index is 13.1. The Morgan fingerprint density at radius 1 is 1.12 bits per heavy atom. The van der Waals surface area contributed by atoms with Crippen LogP contribution in [0.15, 0.2) is 48.0 Å². The molecule has 1 atom stereocenters. The van der Waals surface area contributed by atoms with Crippen molar-refractivity contribution in [1.82, 2.24) is 9.80 Å². The Bertz CT molecular complexity index is 1060. The lowest BCUT2D eigenvalue weighted by Gasteiger charge is -2.26. The molecule has 2 aromatic carbocycles. The van der Waals surface area contributed by atoms with Gasteiger partial charge in [-0.15, -0.1) is 0 Å². The first-order valence-electron chi connectivity index (χ1n) is 11.1. The lowest BCUT2D eigenvalue weighted by atomic mass is 9.94. The van der Waals surface area contributed by atoms with E-state index in [0.717, 1.165) is 12.1 Å². The van der Waals surface area contributed by atoms with Crippen LogP contribution in [-0.2, 0) is 9.59 Å². The van der Waals surface area contributed by atoms with Gasteiger partial charge in [0, 0.05) is 12.1 Å². The second-order valence-electron chi connectivity index (χ2n) is 8.89. The summed E-state index contributed by atoms with van der Waals surface area (Å²) in [5, 5.41) is 20.9. The van der Waals surface area contributed by atoms with Gasteiger partial charge in [0.25, 0.3) is 11.7 Å². The van der Waals surface area contributed by atoms with Crippen LogP contribution in [-0.4, -0.2) is 65.0 Å². The van der Waals surface area contributed by atoms with Gasteiger partial charge in [-0.25, -0.2) is 0 Å². The van der Waals surface area contributed by atoms with Crippen LogP contribution in [0.5, 0.6) is 11.5 Å². The maximum absolute atomic E-state index is 13.1. The first kappa shape index (κ1) is 24.3. The number of carbonyl (C=O) groups is 2. The SMILES string of the molecule is Cc1cc(C(O)=C2C(=O)C(=O)N(CCCN(C)C)[C@H]2c2ccc(O)cc2)ccc1OC(C)C. The molecule has 0 aliphatic carbocycles. The van der Waals surface area contributed by atoms with E-state index in [-0.39, 0.29) is 23.2 Å². The highest BCUT2D eigenvalue weighted by Gasteiger charge is 2.45. The van der Waals surface area contributed by atoms with E-state index in [4.69, 9.17) is 4.74 Å². The van der Waals surface area contributed by atoms with Gasteiger partial charge in [0.1, 0.15) is 17.3 Å². The predicted molar refractivity (Wildman–Crippen MR) is 127 cm³/mol. The highest BCUT2D eigenvalue weighted by Crippen LogP contribution is 2.40. The molecule has 0 spiro atoms. The average molecular weight is 453 g/mol. The Balaban J connectivity index is 2.07. The number of hydrogen-bond donors (Lipinski definition) is 2. The maximum Gasteiger partial charge on any atom is 0.295 e. The molecule has 1 aliphatic heterocycles. The summed E-state index contributed by atoms with van der Waals surface area (Å²) in [7, 11) is 3.89. The number of ether oxygens (including phenoxy) is 1. The van der Waals surface area contributed by atoms with E-state index in [0.29, 0.717) is 29.8 Å². The van der Waals surface area contributed by atoms with E-state index in [1.54, 1.807) is 30.3 Å². The zero-order valence-electron chi connectivity index (χ0n) is 19.8. The lowest BCUT2D eigenvalue weighted by Crippen LogP contribution is -2.32. The van der Waals surface area contributed by atoms with Crippen molar-refractivity contribution in [3.05, 3.63) is 64.7 Å². The molecule has 0 unspecified atom stereocenters. The fourth-order valence-corrected chi connectivity index (χ4v) is 4.01. The molecular formula is C26H32N2O5. The Morgan fingerprint density at radius 3 is 2.36 bits per heavy atom. The molecule has 176 valence electrons. The number of rotatable bonds is 8. The van der Waals surface area contributed by atoms with Crippen molar-refractivity contribution in [2.45, 2.75) is 39.3 Å². The first-order chi connectivity index (χ1) is 15.6. The minimum Gasteiger partial charge on any atom is -0.508 e. The normalized spacial score (nSPS) is 17.9. The number of likely N-dealkylation sites (tertiary alicyclic amines) is 1. The zero-order valence-corrected chi connectivity index (χ0v) is 19.8. The Labute approximate surface area is 194 Å². The number of Topliss-reactive ketones (excluding diaryl/α,β-unsaturated/α-hetero) is 1. The van der Waals surface area contributed by atoms with E-state index in [1.165, 1.54) is 17.0 Å². The summed E-state index contributed by atoms with van der Waals surface area (Å²) in [6.45, 7) is 6.85. The van der Waals surface area contributed by atoms with Gasteiger partial charge in [0.05, 0.1) is 17.7 Å². The summed E-state index contributed by atoms with van der Waals surface area (Å²) in [4.78, 5) is 29.6. The number of amides is 1. The third kappa shape index (κ3) is 5.37. The molecule has 0 radical (unpaired) electrons. The fourth-order valence-electron chi connectivity index (χ4n) is 4.01. The molecule has 1 saturated heterocycles. The molecular weight excluding hydrogens is 420 g/mol.